The first kappa shape index (κ1) is 10.6. The maximum atomic E-state index is 10.7. The zero-order chi connectivity index (χ0) is 11.3. The highest BCUT2D eigenvalue weighted by molar-refractivity contribution is 5.80. The molecule has 0 saturated carbocycles. The van der Waals surface area contributed by atoms with Gasteiger partial charge < -0.3 is 25.5 Å². The quantitative estimate of drug-likeness (QED) is 0.319. The Morgan fingerprint density at radius 2 is 1.85 bits per heavy atom. The number of hydrogen-bond donors (Lipinski definition) is 5. The number of Topliss-reactive ketones (excluding diaryl/α,β-unsaturated/α-hetero) is 1. The van der Waals surface area contributed by atoms with Gasteiger partial charge in [0.2, 0.25) is 0 Å². The molecule has 0 aromatic carbocycles. The molecule has 6 nitrogen and oxygen atoms in total. The lowest BCUT2D eigenvalue weighted by Crippen LogP contribution is -2.48. The van der Waals surface area contributed by atoms with E-state index in [-0.39, 0.29) is 0 Å². The normalized spacial score (nSPS) is 21.5. The molecule has 0 amide bonds. The van der Waals surface area contributed by atoms with Crippen molar-refractivity contribution in [2.24, 2.45) is 0 Å². The van der Waals surface area contributed by atoms with Crippen molar-refractivity contribution in [1.82, 2.24) is 0 Å². The van der Waals surface area contributed by atoms with Gasteiger partial charge >= 0.3 is 0 Å². The summed E-state index contributed by atoms with van der Waals surface area (Å²) in [7, 11) is 0. The lowest BCUT2D eigenvalue weighted by Gasteiger charge is -2.23. The molecule has 0 heterocycles. The fourth-order valence-electron chi connectivity index (χ4n) is 0.713. The van der Waals surface area contributed by atoms with Crippen LogP contribution < -0.4 is 0 Å². The van der Waals surface area contributed by atoms with E-state index in [9.17, 15) is 4.79 Å². The standard InChI is InChI=1S/C7H14O6/c1-3(9)5(11)7(13)6(12)4(10)2-8/h4-8,10-13H,2H2,1H3/t4-,5-,6-,7-/m1/s1/i1D. The van der Waals surface area contributed by atoms with Crippen LogP contribution in [0.1, 0.15) is 8.27 Å². The molecule has 5 N–H and O–H groups in total. The smallest absolute Gasteiger partial charge is 0.160 e. The van der Waals surface area contributed by atoms with Crippen LogP contribution in [0.4, 0.5) is 0 Å². The highest BCUT2D eigenvalue weighted by atomic mass is 16.4. The highest BCUT2D eigenvalue weighted by Crippen LogP contribution is 2.05. The summed E-state index contributed by atoms with van der Waals surface area (Å²) in [4.78, 5) is 10.7. The molecule has 4 atom stereocenters. The summed E-state index contributed by atoms with van der Waals surface area (Å²) in [6, 6.07) is 0. The van der Waals surface area contributed by atoms with Crippen LogP contribution in [0.5, 0.6) is 0 Å². The molecule has 0 radical (unpaired) electrons. The molecular formula is C7H14O6. The van der Waals surface area contributed by atoms with Gasteiger partial charge in [-0.2, -0.15) is 0 Å². The zero-order valence-electron chi connectivity index (χ0n) is 7.87. The number of aliphatic hydroxyl groups is 5. The molecule has 78 valence electrons. The SMILES string of the molecule is [2H]CC(=O)[C@@H](O)[C@@H](O)[C@H](O)[C@H](O)CO. The van der Waals surface area contributed by atoms with Gasteiger partial charge in [0.15, 0.2) is 5.78 Å². The fraction of sp³-hybridized carbons (Fsp3) is 0.857. The van der Waals surface area contributed by atoms with E-state index in [2.05, 4.69) is 0 Å². The van der Waals surface area contributed by atoms with Crippen molar-refractivity contribution >= 4 is 5.78 Å². The van der Waals surface area contributed by atoms with Gasteiger partial charge in [-0.25, -0.2) is 0 Å². The third-order valence-electron chi connectivity index (χ3n) is 1.58. The van der Waals surface area contributed by atoms with Crippen molar-refractivity contribution in [1.29, 1.82) is 0 Å². The molecule has 0 aromatic heterocycles. The predicted molar refractivity (Wildman–Crippen MR) is 41.8 cm³/mol. The number of rotatable bonds is 5. The van der Waals surface area contributed by atoms with Crippen molar-refractivity contribution < 1.29 is 31.7 Å². The first-order chi connectivity index (χ1) is 6.45. The third-order valence-corrected chi connectivity index (χ3v) is 1.58. The summed E-state index contributed by atoms with van der Waals surface area (Å²) in [5, 5.41) is 44.5. The summed E-state index contributed by atoms with van der Waals surface area (Å²) in [5.74, 6) is -0.971. The summed E-state index contributed by atoms with van der Waals surface area (Å²) in [6.45, 7) is -1.54. The molecule has 0 unspecified atom stereocenters. The topological polar surface area (TPSA) is 118 Å². The van der Waals surface area contributed by atoms with Crippen molar-refractivity contribution in [3.63, 3.8) is 0 Å². The Balaban J connectivity index is 4.30. The average Bonchev–Trinajstić information content (AvgIpc) is 2.23. The van der Waals surface area contributed by atoms with E-state index in [1.54, 1.807) is 0 Å². The minimum absolute atomic E-state index is 0.736. The lowest BCUT2D eigenvalue weighted by atomic mass is 10.0. The Kier molecular flexibility index (Phi) is 4.26. The second-order valence-electron chi connectivity index (χ2n) is 2.64. The van der Waals surface area contributed by atoms with Crippen LogP contribution in [-0.2, 0) is 4.79 Å². The van der Waals surface area contributed by atoms with Crippen LogP contribution in [0.25, 0.3) is 0 Å². The second-order valence-corrected chi connectivity index (χ2v) is 2.64. The Bertz CT molecular complexity index is 187. The molecule has 0 bridgehead atoms. The maximum Gasteiger partial charge on any atom is 0.160 e. The van der Waals surface area contributed by atoms with Gasteiger partial charge in [0.05, 0.1) is 6.61 Å². The summed E-state index contributed by atoms with van der Waals surface area (Å²) >= 11 is 0. The van der Waals surface area contributed by atoms with Gasteiger partial charge in [0.25, 0.3) is 0 Å². The van der Waals surface area contributed by atoms with Crippen molar-refractivity contribution in [2.45, 2.75) is 31.3 Å². The molecule has 0 rings (SSSR count). The zero-order valence-corrected chi connectivity index (χ0v) is 6.87. The first-order valence-electron chi connectivity index (χ1n) is 4.31. The van der Waals surface area contributed by atoms with E-state index >= 15 is 0 Å². The molecule has 0 aromatic rings. The summed E-state index contributed by atoms with van der Waals surface area (Å²) < 4.78 is 6.61. The minimum Gasteiger partial charge on any atom is -0.394 e. The molecule has 0 spiro atoms. The van der Waals surface area contributed by atoms with Crippen molar-refractivity contribution in [2.75, 3.05) is 6.61 Å². The van der Waals surface area contributed by atoms with Crippen LogP contribution in [-0.4, -0.2) is 62.3 Å². The van der Waals surface area contributed by atoms with Gasteiger partial charge in [-0.3, -0.25) is 4.79 Å². The van der Waals surface area contributed by atoms with E-state index < -0.39 is 43.7 Å². The van der Waals surface area contributed by atoms with Gasteiger partial charge in [-0.15, -0.1) is 0 Å². The minimum atomic E-state index is -1.93. The fourth-order valence-corrected chi connectivity index (χ4v) is 0.713. The Labute approximate surface area is 76.5 Å². The maximum absolute atomic E-state index is 10.7. The van der Waals surface area contributed by atoms with E-state index in [4.69, 9.17) is 26.9 Å². The molecule has 6 heteroatoms. The van der Waals surface area contributed by atoms with Gasteiger partial charge in [-0.1, -0.05) is 0 Å². The van der Waals surface area contributed by atoms with Gasteiger partial charge in [0.1, 0.15) is 24.4 Å². The number of carbonyl (C=O) groups is 1. The van der Waals surface area contributed by atoms with E-state index in [0.29, 0.717) is 0 Å². The van der Waals surface area contributed by atoms with Crippen molar-refractivity contribution in [3.05, 3.63) is 0 Å². The molecule has 0 aliphatic carbocycles. The monoisotopic (exact) mass is 195 g/mol. The van der Waals surface area contributed by atoms with Gasteiger partial charge in [-0.05, 0) is 6.90 Å². The molecular weight excluding hydrogens is 180 g/mol. The highest BCUT2D eigenvalue weighted by Gasteiger charge is 2.32. The van der Waals surface area contributed by atoms with Crippen molar-refractivity contribution in [3.8, 4) is 0 Å². The Morgan fingerprint density at radius 1 is 1.31 bits per heavy atom. The average molecular weight is 195 g/mol. The summed E-state index contributed by atoms with van der Waals surface area (Å²) in [6.07, 6.45) is -7.30. The molecule has 0 aliphatic heterocycles. The number of hydrogen-bond acceptors (Lipinski definition) is 6. The first-order valence-corrected chi connectivity index (χ1v) is 3.60. The van der Waals surface area contributed by atoms with E-state index in [1.807, 2.05) is 0 Å². The lowest BCUT2D eigenvalue weighted by molar-refractivity contribution is -0.145. The predicted octanol–water partition coefficient (Wildman–Crippen LogP) is -2.99. The number of ketones is 1. The number of aliphatic hydroxyl groups excluding tert-OH is 5. The van der Waals surface area contributed by atoms with Crippen LogP contribution in [0, 0.1) is 0 Å². The molecule has 13 heavy (non-hydrogen) atoms. The van der Waals surface area contributed by atoms with Crippen LogP contribution >= 0.6 is 0 Å². The van der Waals surface area contributed by atoms with Crippen LogP contribution in [0.15, 0.2) is 0 Å². The molecule has 0 fully saturated rings. The summed E-state index contributed by atoms with van der Waals surface area (Å²) in [5.41, 5.74) is 0. The Hall–Kier alpha value is -0.530. The van der Waals surface area contributed by atoms with E-state index in [1.165, 1.54) is 0 Å². The van der Waals surface area contributed by atoms with E-state index in [0.717, 1.165) is 0 Å². The molecule has 0 aliphatic rings. The number of carbonyl (C=O) groups excluding carboxylic acids is 1. The second kappa shape index (κ2) is 5.25. The van der Waals surface area contributed by atoms with Crippen LogP contribution in [0.3, 0.4) is 0 Å². The van der Waals surface area contributed by atoms with Gasteiger partial charge in [0, 0.05) is 1.37 Å². The molecule has 0 saturated heterocycles. The third kappa shape index (κ3) is 3.37. The van der Waals surface area contributed by atoms with Crippen LogP contribution in [0.2, 0.25) is 0 Å². The largest absolute Gasteiger partial charge is 0.394 e. The Morgan fingerprint density at radius 3 is 2.23 bits per heavy atom.